The highest BCUT2D eigenvalue weighted by Gasteiger charge is 2.30. The molecule has 3 N–H and O–H groups in total. The Bertz CT molecular complexity index is 1190. The van der Waals surface area contributed by atoms with Crippen LogP contribution in [-0.4, -0.2) is 45.7 Å². The largest absolute Gasteiger partial charge is 0.481 e. The number of benzene rings is 2. The number of nitrogens with zero attached hydrogens (tertiary/aromatic N) is 2. The Hall–Kier alpha value is -3.98. The third kappa shape index (κ3) is 5.32. The number of rotatable bonds is 8. The smallest absolute Gasteiger partial charge is 0.407 e. The van der Waals surface area contributed by atoms with Crippen molar-refractivity contribution in [2.75, 3.05) is 11.9 Å². The fraction of sp³-hybridized carbons (Fsp3) is 0.208. The van der Waals surface area contributed by atoms with Crippen LogP contribution in [0.4, 0.5) is 10.6 Å². The highest BCUT2D eigenvalue weighted by atomic mass is 35.5. The predicted octanol–water partition coefficient (Wildman–Crippen LogP) is 3.84. The molecule has 0 spiro atoms. The van der Waals surface area contributed by atoms with E-state index in [-0.39, 0.29) is 36.5 Å². The minimum atomic E-state index is -1.15. The van der Waals surface area contributed by atoms with Crippen LogP contribution in [0.15, 0.2) is 60.8 Å². The number of fused-ring (bicyclic) bond motifs is 3. The van der Waals surface area contributed by atoms with Crippen molar-refractivity contribution in [2.24, 2.45) is 0 Å². The van der Waals surface area contributed by atoms with Crippen LogP contribution in [0.1, 0.15) is 29.9 Å². The fourth-order valence-corrected chi connectivity index (χ4v) is 4.08. The van der Waals surface area contributed by atoms with Crippen LogP contribution in [0.2, 0.25) is 5.28 Å². The summed E-state index contributed by atoms with van der Waals surface area (Å²) in [4.78, 5) is 43.9. The molecule has 1 unspecified atom stereocenters. The molecule has 2 aromatic carbocycles. The summed E-state index contributed by atoms with van der Waals surface area (Å²) in [5, 5.41) is 13.9. The molecule has 0 saturated carbocycles. The molecule has 1 atom stereocenters. The van der Waals surface area contributed by atoms with E-state index >= 15 is 0 Å². The number of hydrogen-bond acceptors (Lipinski definition) is 6. The van der Waals surface area contributed by atoms with E-state index in [1.807, 2.05) is 48.5 Å². The van der Waals surface area contributed by atoms with Crippen molar-refractivity contribution >= 4 is 35.4 Å². The standard InChI is InChI=1S/C24H21ClN4O5/c25-23-26-12-11-20(29-23)28-22(32)19(9-10-21(30)31)27-24(33)34-13-18-16-7-3-1-5-14(16)15-6-2-4-8-17(15)18/h1-8,11-12,18-19H,9-10,13H2,(H,27,33)(H,30,31)(H,26,28,29,32). The first kappa shape index (κ1) is 23.2. The minimum Gasteiger partial charge on any atom is -0.481 e. The van der Waals surface area contributed by atoms with E-state index in [4.69, 9.17) is 21.4 Å². The van der Waals surface area contributed by atoms with Crippen molar-refractivity contribution in [3.63, 3.8) is 0 Å². The van der Waals surface area contributed by atoms with Gasteiger partial charge in [-0.3, -0.25) is 9.59 Å². The molecule has 1 aliphatic rings. The van der Waals surface area contributed by atoms with Gasteiger partial charge in [-0.15, -0.1) is 0 Å². The Kier molecular flexibility index (Phi) is 7.03. The van der Waals surface area contributed by atoms with Crippen molar-refractivity contribution in [2.45, 2.75) is 24.8 Å². The summed E-state index contributed by atoms with van der Waals surface area (Å²) < 4.78 is 5.47. The molecule has 3 aromatic rings. The van der Waals surface area contributed by atoms with E-state index in [1.165, 1.54) is 12.3 Å². The second-order valence-electron chi connectivity index (χ2n) is 7.66. The van der Waals surface area contributed by atoms with E-state index in [0.29, 0.717) is 0 Å². The number of halogens is 1. The highest BCUT2D eigenvalue weighted by Crippen LogP contribution is 2.44. The number of aromatic nitrogens is 2. The third-order valence-corrected chi connectivity index (χ3v) is 5.66. The lowest BCUT2D eigenvalue weighted by Gasteiger charge is -2.19. The molecule has 9 nitrogen and oxygen atoms in total. The number of ether oxygens (including phenoxy) is 1. The maximum absolute atomic E-state index is 12.7. The molecule has 0 saturated heterocycles. The zero-order chi connectivity index (χ0) is 24.1. The van der Waals surface area contributed by atoms with Crippen LogP contribution < -0.4 is 10.6 Å². The van der Waals surface area contributed by atoms with Crippen LogP contribution in [0, 0.1) is 0 Å². The van der Waals surface area contributed by atoms with Crippen LogP contribution in [0.3, 0.4) is 0 Å². The maximum atomic E-state index is 12.7. The number of anilines is 1. The van der Waals surface area contributed by atoms with Crippen LogP contribution in [-0.2, 0) is 14.3 Å². The van der Waals surface area contributed by atoms with Gasteiger partial charge in [0.25, 0.3) is 0 Å². The molecular formula is C24H21ClN4O5. The molecule has 1 aliphatic carbocycles. The van der Waals surface area contributed by atoms with Gasteiger partial charge in [0.2, 0.25) is 11.2 Å². The summed E-state index contributed by atoms with van der Waals surface area (Å²) in [7, 11) is 0. The van der Waals surface area contributed by atoms with E-state index in [2.05, 4.69) is 20.6 Å². The summed E-state index contributed by atoms with van der Waals surface area (Å²) in [6, 6.07) is 16.1. The molecule has 1 heterocycles. The van der Waals surface area contributed by atoms with Crippen molar-refractivity contribution < 1.29 is 24.2 Å². The van der Waals surface area contributed by atoms with Crippen LogP contribution >= 0.6 is 11.6 Å². The second kappa shape index (κ2) is 10.3. The first-order chi connectivity index (χ1) is 16.4. The second-order valence-corrected chi connectivity index (χ2v) is 7.99. The Labute approximate surface area is 200 Å². The van der Waals surface area contributed by atoms with E-state index in [0.717, 1.165) is 22.3 Å². The zero-order valence-electron chi connectivity index (χ0n) is 17.9. The molecule has 10 heteroatoms. The van der Waals surface area contributed by atoms with Crippen molar-refractivity contribution in [3.05, 3.63) is 77.2 Å². The molecule has 4 rings (SSSR count). The fourth-order valence-electron chi connectivity index (χ4n) is 3.94. The lowest BCUT2D eigenvalue weighted by molar-refractivity contribution is -0.137. The molecule has 0 fully saturated rings. The van der Waals surface area contributed by atoms with Crippen molar-refractivity contribution in [3.8, 4) is 11.1 Å². The lowest BCUT2D eigenvalue weighted by atomic mass is 9.98. The molecule has 0 bridgehead atoms. The first-order valence-corrected chi connectivity index (χ1v) is 10.9. The van der Waals surface area contributed by atoms with Crippen LogP contribution in [0.25, 0.3) is 11.1 Å². The summed E-state index contributed by atoms with van der Waals surface area (Å²) in [5.41, 5.74) is 4.29. The number of aliphatic carboxylic acids is 1. The van der Waals surface area contributed by atoms with Gasteiger partial charge in [0, 0.05) is 18.5 Å². The number of amides is 2. The van der Waals surface area contributed by atoms with Gasteiger partial charge in [0.15, 0.2) is 0 Å². The van der Waals surface area contributed by atoms with Crippen LogP contribution in [0.5, 0.6) is 0 Å². The summed E-state index contributed by atoms with van der Waals surface area (Å²) in [6.07, 6.45) is 0.0696. The first-order valence-electron chi connectivity index (χ1n) is 10.5. The highest BCUT2D eigenvalue weighted by molar-refractivity contribution is 6.28. The molecule has 2 amide bonds. The predicted molar refractivity (Wildman–Crippen MR) is 125 cm³/mol. The molecule has 1 aromatic heterocycles. The third-order valence-electron chi connectivity index (χ3n) is 5.48. The maximum Gasteiger partial charge on any atom is 0.407 e. The van der Waals surface area contributed by atoms with Gasteiger partial charge in [0.1, 0.15) is 18.5 Å². The SMILES string of the molecule is O=C(O)CCC(NC(=O)OCC1c2ccccc2-c2ccccc21)C(=O)Nc1ccnc(Cl)n1. The number of carbonyl (C=O) groups is 3. The van der Waals surface area contributed by atoms with Gasteiger partial charge in [0.05, 0.1) is 0 Å². The molecular weight excluding hydrogens is 460 g/mol. The number of carboxylic acids is 1. The molecule has 174 valence electrons. The average Bonchev–Trinajstić information content (AvgIpc) is 3.14. The van der Waals surface area contributed by atoms with Crippen molar-refractivity contribution in [1.29, 1.82) is 0 Å². The minimum absolute atomic E-state index is 0.0641. The van der Waals surface area contributed by atoms with Gasteiger partial charge in [-0.25, -0.2) is 14.8 Å². The van der Waals surface area contributed by atoms with Gasteiger partial charge in [-0.1, -0.05) is 48.5 Å². The number of carboxylic acid groups (broad SMARTS) is 1. The van der Waals surface area contributed by atoms with E-state index < -0.39 is 24.0 Å². The molecule has 0 radical (unpaired) electrons. The normalized spacial score (nSPS) is 12.9. The molecule has 0 aliphatic heterocycles. The number of alkyl carbamates (subject to hydrolysis) is 1. The lowest BCUT2D eigenvalue weighted by Crippen LogP contribution is -2.44. The Balaban J connectivity index is 1.43. The Morgan fingerprint density at radius 3 is 2.29 bits per heavy atom. The number of hydrogen-bond donors (Lipinski definition) is 3. The summed E-state index contributed by atoms with van der Waals surface area (Å²) in [5.74, 6) is -1.77. The number of nitrogens with one attached hydrogen (secondary N) is 2. The molecule has 34 heavy (non-hydrogen) atoms. The average molecular weight is 481 g/mol. The van der Waals surface area contributed by atoms with E-state index in [1.54, 1.807) is 0 Å². The number of carbonyl (C=O) groups excluding carboxylic acids is 2. The van der Waals surface area contributed by atoms with Gasteiger partial charge >= 0.3 is 12.1 Å². The van der Waals surface area contributed by atoms with Gasteiger partial charge < -0.3 is 20.5 Å². The van der Waals surface area contributed by atoms with Gasteiger partial charge in [-0.2, -0.15) is 0 Å². The van der Waals surface area contributed by atoms with Gasteiger partial charge in [-0.05, 0) is 46.3 Å². The summed E-state index contributed by atoms with van der Waals surface area (Å²) in [6.45, 7) is 0.0641. The monoisotopic (exact) mass is 480 g/mol. The quantitative estimate of drug-likeness (QED) is 0.417. The topological polar surface area (TPSA) is 131 Å². The Morgan fingerprint density at radius 1 is 1.03 bits per heavy atom. The zero-order valence-corrected chi connectivity index (χ0v) is 18.7. The summed E-state index contributed by atoms with van der Waals surface area (Å²) >= 11 is 5.73. The van der Waals surface area contributed by atoms with Crippen molar-refractivity contribution in [1.82, 2.24) is 15.3 Å². The Morgan fingerprint density at radius 2 is 1.68 bits per heavy atom. The van der Waals surface area contributed by atoms with E-state index in [9.17, 15) is 14.4 Å².